The third-order valence-corrected chi connectivity index (χ3v) is 2.51. The monoisotopic (exact) mass is 190 g/mol. The maximum absolute atomic E-state index is 11.5. The highest BCUT2D eigenvalue weighted by molar-refractivity contribution is 6.14. The highest BCUT2D eigenvalue weighted by Gasteiger charge is 2.50. The molecule has 0 saturated heterocycles. The van der Waals surface area contributed by atoms with Gasteiger partial charge in [0.1, 0.15) is 5.75 Å². The average Bonchev–Trinajstić information content (AvgIpc) is 2.26. The summed E-state index contributed by atoms with van der Waals surface area (Å²) in [5, 5.41) is 9.90. The molecule has 0 aromatic heterocycles. The van der Waals surface area contributed by atoms with Gasteiger partial charge in [0, 0.05) is 11.1 Å². The number of ketones is 1. The second-order valence-corrected chi connectivity index (χ2v) is 3.18. The van der Waals surface area contributed by atoms with Gasteiger partial charge in [0.25, 0.3) is 0 Å². The third-order valence-electron chi connectivity index (χ3n) is 2.51. The number of methoxy groups -OCH3 is 1. The van der Waals surface area contributed by atoms with Crippen molar-refractivity contribution in [2.75, 3.05) is 7.11 Å². The Morgan fingerprint density at radius 3 is 2.86 bits per heavy atom. The van der Waals surface area contributed by atoms with Crippen LogP contribution in [-0.4, -0.2) is 18.0 Å². The Labute approximate surface area is 81.6 Å². The smallest absolute Gasteiger partial charge is 0.203 e. The van der Waals surface area contributed by atoms with Gasteiger partial charge >= 0.3 is 0 Å². The van der Waals surface area contributed by atoms with Gasteiger partial charge in [-0.25, -0.2) is 0 Å². The largest absolute Gasteiger partial charge is 0.496 e. The quantitative estimate of drug-likeness (QED) is 0.714. The lowest BCUT2D eigenvalue weighted by atomic mass is 9.71. The van der Waals surface area contributed by atoms with Crippen LogP contribution in [0.2, 0.25) is 0 Å². The van der Waals surface area contributed by atoms with Gasteiger partial charge < -0.3 is 9.84 Å². The zero-order valence-electron chi connectivity index (χ0n) is 7.78. The van der Waals surface area contributed by atoms with E-state index in [-0.39, 0.29) is 5.78 Å². The normalized spacial score (nSPS) is 23.7. The molecular weight excluding hydrogens is 180 g/mol. The van der Waals surface area contributed by atoms with Crippen LogP contribution in [0.3, 0.4) is 0 Å². The van der Waals surface area contributed by atoms with Crippen molar-refractivity contribution in [3.63, 3.8) is 0 Å². The van der Waals surface area contributed by atoms with Crippen LogP contribution in [0.15, 0.2) is 30.9 Å². The number of hydrogen-bond acceptors (Lipinski definition) is 3. The Morgan fingerprint density at radius 1 is 1.57 bits per heavy atom. The lowest BCUT2D eigenvalue weighted by Crippen LogP contribution is -2.44. The predicted molar refractivity (Wildman–Crippen MR) is 51.4 cm³/mol. The maximum atomic E-state index is 11.5. The summed E-state index contributed by atoms with van der Waals surface area (Å²) >= 11 is 0. The van der Waals surface area contributed by atoms with Crippen LogP contribution in [0.25, 0.3) is 0 Å². The third kappa shape index (κ3) is 0.822. The fourth-order valence-corrected chi connectivity index (χ4v) is 1.73. The van der Waals surface area contributed by atoms with Crippen molar-refractivity contribution in [2.45, 2.75) is 5.60 Å². The zero-order valence-corrected chi connectivity index (χ0v) is 7.78. The molecule has 0 radical (unpaired) electrons. The van der Waals surface area contributed by atoms with Gasteiger partial charge in [-0.3, -0.25) is 4.79 Å². The van der Waals surface area contributed by atoms with E-state index < -0.39 is 5.60 Å². The summed E-state index contributed by atoms with van der Waals surface area (Å²) in [6, 6.07) is 5.09. The molecule has 1 aromatic carbocycles. The van der Waals surface area contributed by atoms with E-state index in [0.717, 1.165) is 0 Å². The fourth-order valence-electron chi connectivity index (χ4n) is 1.73. The molecule has 1 N–H and O–H groups in total. The number of carbonyl (C=O) groups excluding carboxylic acids is 1. The summed E-state index contributed by atoms with van der Waals surface area (Å²) in [5.41, 5.74) is -0.531. The van der Waals surface area contributed by atoms with E-state index in [9.17, 15) is 9.90 Å². The van der Waals surface area contributed by atoms with Gasteiger partial charge in [-0.1, -0.05) is 18.7 Å². The van der Waals surface area contributed by atoms with Crippen LogP contribution in [0.5, 0.6) is 5.75 Å². The van der Waals surface area contributed by atoms with E-state index in [1.165, 1.54) is 13.2 Å². The van der Waals surface area contributed by atoms with Crippen LogP contribution < -0.4 is 4.74 Å². The van der Waals surface area contributed by atoms with Crippen LogP contribution in [0.1, 0.15) is 15.9 Å². The van der Waals surface area contributed by atoms with Crippen molar-refractivity contribution in [3.8, 4) is 5.75 Å². The van der Waals surface area contributed by atoms with Crippen molar-refractivity contribution in [1.82, 2.24) is 0 Å². The molecule has 0 spiro atoms. The number of hydrogen-bond donors (Lipinski definition) is 1. The maximum Gasteiger partial charge on any atom is 0.203 e. The summed E-state index contributed by atoms with van der Waals surface area (Å²) in [7, 11) is 1.50. The van der Waals surface area contributed by atoms with Crippen LogP contribution in [0.4, 0.5) is 0 Å². The van der Waals surface area contributed by atoms with Crippen LogP contribution in [0, 0.1) is 0 Å². The molecule has 1 aliphatic rings. The van der Waals surface area contributed by atoms with E-state index in [1.807, 2.05) is 0 Å². The lowest BCUT2D eigenvalue weighted by molar-refractivity contribution is 0.0399. The van der Waals surface area contributed by atoms with Gasteiger partial charge in [-0.05, 0) is 12.1 Å². The summed E-state index contributed by atoms with van der Waals surface area (Å²) in [5.74, 6) is 0.200. The molecule has 0 amide bonds. The van der Waals surface area contributed by atoms with Gasteiger partial charge in [0.05, 0.1) is 7.11 Å². The molecule has 14 heavy (non-hydrogen) atoms. The number of rotatable bonds is 2. The molecule has 0 aliphatic heterocycles. The summed E-state index contributed by atoms with van der Waals surface area (Å²) in [6.45, 7) is 3.45. The molecule has 0 heterocycles. The topological polar surface area (TPSA) is 46.5 Å². The molecule has 1 aromatic rings. The molecule has 3 heteroatoms. The Bertz CT molecular complexity index is 423. The molecule has 0 bridgehead atoms. The fraction of sp³-hybridized carbons (Fsp3) is 0.182. The SMILES string of the molecule is C=C[C@]1(O)C(=O)c2cccc(OC)c21. The molecule has 1 aliphatic carbocycles. The molecule has 0 unspecified atom stereocenters. The van der Waals surface area contributed by atoms with E-state index in [4.69, 9.17) is 4.74 Å². The average molecular weight is 190 g/mol. The van der Waals surface area contributed by atoms with E-state index in [2.05, 4.69) is 6.58 Å². The first-order valence-electron chi connectivity index (χ1n) is 4.23. The summed E-state index contributed by atoms with van der Waals surface area (Å²) < 4.78 is 5.06. The highest BCUT2D eigenvalue weighted by atomic mass is 16.5. The van der Waals surface area contributed by atoms with Gasteiger partial charge in [-0.15, -0.1) is 0 Å². The Kier molecular flexibility index (Phi) is 1.72. The molecular formula is C11H10O3. The molecule has 0 fully saturated rings. The second kappa shape index (κ2) is 2.69. The van der Waals surface area contributed by atoms with Crippen molar-refractivity contribution < 1.29 is 14.6 Å². The number of carbonyl (C=O) groups is 1. The Balaban J connectivity index is 2.67. The van der Waals surface area contributed by atoms with Crippen molar-refractivity contribution >= 4 is 5.78 Å². The Hall–Kier alpha value is -1.61. The minimum absolute atomic E-state index is 0.318. The number of aliphatic hydroxyl groups is 1. The number of fused-ring (bicyclic) bond motifs is 1. The zero-order chi connectivity index (χ0) is 10.3. The standard InChI is InChI=1S/C11H10O3/c1-3-11(13)9-7(10(11)12)5-4-6-8(9)14-2/h3-6,13H,1H2,2H3/t11-/m1/s1. The van der Waals surface area contributed by atoms with Gasteiger partial charge in [0.15, 0.2) is 5.60 Å². The van der Waals surface area contributed by atoms with Gasteiger partial charge in [0.2, 0.25) is 5.78 Å². The second-order valence-electron chi connectivity index (χ2n) is 3.18. The number of ether oxygens (including phenoxy) is 1. The lowest BCUT2D eigenvalue weighted by Gasteiger charge is -2.35. The minimum atomic E-state index is -1.55. The van der Waals surface area contributed by atoms with E-state index >= 15 is 0 Å². The van der Waals surface area contributed by atoms with Crippen molar-refractivity contribution in [1.29, 1.82) is 0 Å². The number of Topliss-reactive ketones (excluding diaryl/α,β-unsaturated/α-hetero) is 1. The minimum Gasteiger partial charge on any atom is -0.496 e. The molecule has 1 atom stereocenters. The van der Waals surface area contributed by atoms with E-state index in [1.54, 1.807) is 18.2 Å². The highest BCUT2D eigenvalue weighted by Crippen LogP contribution is 2.45. The van der Waals surface area contributed by atoms with Gasteiger partial charge in [-0.2, -0.15) is 0 Å². The molecule has 72 valence electrons. The summed E-state index contributed by atoms with van der Waals surface area (Å²) in [4.78, 5) is 11.5. The van der Waals surface area contributed by atoms with Crippen LogP contribution >= 0.6 is 0 Å². The number of benzene rings is 1. The van der Waals surface area contributed by atoms with Crippen LogP contribution in [-0.2, 0) is 5.60 Å². The molecule has 0 saturated carbocycles. The van der Waals surface area contributed by atoms with Crippen molar-refractivity contribution in [2.24, 2.45) is 0 Å². The summed E-state index contributed by atoms with van der Waals surface area (Å²) in [6.07, 6.45) is 1.24. The molecule has 2 rings (SSSR count). The predicted octanol–water partition coefficient (Wildman–Crippen LogP) is 1.27. The first-order valence-corrected chi connectivity index (χ1v) is 4.23. The molecule has 3 nitrogen and oxygen atoms in total. The Morgan fingerprint density at radius 2 is 2.29 bits per heavy atom. The first kappa shape index (κ1) is 8.97. The van der Waals surface area contributed by atoms with E-state index in [0.29, 0.717) is 16.9 Å². The van der Waals surface area contributed by atoms with Crippen molar-refractivity contribution in [3.05, 3.63) is 42.0 Å². The first-order chi connectivity index (χ1) is 6.65.